The molecule has 0 atom stereocenters. The Bertz CT molecular complexity index is 1360. The van der Waals surface area contributed by atoms with Gasteiger partial charge in [-0.25, -0.2) is 0 Å². The fourth-order valence-electron chi connectivity index (χ4n) is 4.69. The summed E-state index contributed by atoms with van der Waals surface area (Å²) < 4.78 is 2.16. The molecule has 37 heavy (non-hydrogen) atoms. The second-order valence-electron chi connectivity index (χ2n) is 9.32. The Balaban J connectivity index is 1.16. The molecular formula is C30H32N4O2S. The third-order valence-electron chi connectivity index (χ3n) is 6.81. The van der Waals surface area contributed by atoms with Gasteiger partial charge in [-0.3, -0.25) is 9.59 Å². The van der Waals surface area contributed by atoms with Crippen LogP contribution >= 0.6 is 11.8 Å². The van der Waals surface area contributed by atoms with E-state index in [2.05, 4.69) is 57.4 Å². The average molecular weight is 513 g/mol. The van der Waals surface area contributed by atoms with Crippen molar-refractivity contribution in [2.24, 2.45) is 0 Å². The quantitative estimate of drug-likeness (QED) is 0.344. The van der Waals surface area contributed by atoms with Crippen LogP contribution in [0.3, 0.4) is 0 Å². The molecule has 1 aromatic heterocycles. The van der Waals surface area contributed by atoms with Crippen LogP contribution in [0.2, 0.25) is 0 Å². The number of aryl methyl sites for hydroxylation is 1. The first-order valence-electron chi connectivity index (χ1n) is 12.7. The summed E-state index contributed by atoms with van der Waals surface area (Å²) in [6.07, 6.45) is 2.11. The predicted octanol–water partition coefficient (Wildman–Crippen LogP) is 4.82. The molecule has 0 unspecified atom stereocenters. The maximum Gasteiger partial charge on any atom is 0.251 e. The summed E-state index contributed by atoms with van der Waals surface area (Å²) >= 11 is 1.59. The van der Waals surface area contributed by atoms with E-state index < -0.39 is 0 Å². The molecule has 0 bridgehead atoms. The summed E-state index contributed by atoms with van der Waals surface area (Å²) in [5, 5.41) is 4.16. The maximum absolute atomic E-state index is 13.0. The third-order valence-corrected chi connectivity index (χ3v) is 7.84. The van der Waals surface area contributed by atoms with Crippen molar-refractivity contribution in [3.05, 3.63) is 96.2 Å². The van der Waals surface area contributed by atoms with Crippen molar-refractivity contribution in [2.45, 2.75) is 18.4 Å². The molecule has 0 radical (unpaired) electrons. The van der Waals surface area contributed by atoms with Crippen molar-refractivity contribution in [3.8, 4) is 0 Å². The van der Waals surface area contributed by atoms with E-state index in [0.29, 0.717) is 24.4 Å². The second-order valence-corrected chi connectivity index (χ2v) is 10.3. The molecule has 7 heteroatoms. The van der Waals surface area contributed by atoms with Gasteiger partial charge in [-0.15, -0.1) is 11.8 Å². The van der Waals surface area contributed by atoms with Gasteiger partial charge >= 0.3 is 0 Å². The Morgan fingerprint density at radius 3 is 2.32 bits per heavy atom. The summed E-state index contributed by atoms with van der Waals surface area (Å²) in [4.78, 5) is 30.9. The van der Waals surface area contributed by atoms with E-state index in [-0.39, 0.29) is 11.8 Å². The van der Waals surface area contributed by atoms with Crippen LogP contribution < -0.4 is 10.2 Å². The molecule has 1 fully saturated rings. The van der Waals surface area contributed by atoms with Crippen LogP contribution in [0, 0.1) is 6.92 Å². The van der Waals surface area contributed by atoms with Crippen LogP contribution in [-0.2, 0) is 11.3 Å². The van der Waals surface area contributed by atoms with E-state index in [9.17, 15) is 9.59 Å². The maximum atomic E-state index is 13.0. The molecule has 2 amide bonds. The lowest BCUT2D eigenvalue weighted by Crippen LogP contribution is -2.49. The van der Waals surface area contributed by atoms with Crippen molar-refractivity contribution in [3.63, 3.8) is 0 Å². The molecule has 2 heterocycles. The molecule has 0 aliphatic carbocycles. The lowest BCUT2D eigenvalue weighted by Gasteiger charge is -2.36. The molecule has 5 rings (SSSR count). The first kappa shape index (κ1) is 25.0. The number of piperazine rings is 1. The van der Waals surface area contributed by atoms with E-state index in [1.165, 1.54) is 5.69 Å². The van der Waals surface area contributed by atoms with Gasteiger partial charge in [0, 0.05) is 72.5 Å². The summed E-state index contributed by atoms with van der Waals surface area (Å²) in [5.74, 6) is 0.535. The van der Waals surface area contributed by atoms with Crippen molar-refractivity contribution in [1.29, 1.82) is 0 Å². The lowest BCUT2D eigenvalue weighted by molar-refractivity contribution is -0.128. The number of rotatable bonds is 8. The molecule has 1 aliphatic heterocycles. The van der Waals surface area contributed by atoms with E-state index in [0.717, 1.165) is 47.5 Å². The zero-order valence-corrected chi connectivity index (χ0v) is 21.9. The molecule has 1 saturated heterocycles. The number of anilines is 1. The Morgan fingerprint density at radius 2 is 1.57 bits per heavy atom. The number of carbonyl (C=O) groups excluding carboxylic acids is 2. The van der Waals surface area contributed by atoms with Gasteiger partial charge in [0.1, 0.15) is 0 Å². The van der Waals surface area contributed by atoms with Gasteiger partial charge in [0.2, 0.25) is 5.91 Å². The molecule has 1 N–H and O–H groups in total. The highest BCUT2D eigenvalue weighted by Crippen LogP contribution is 2.30. The van der Waals surface area contributed by atoms with Gasteiger partial charge in [-0.05, 0) is 37.3 Å². The number of fused-ring (bicyclic) bond motifs is 1. The van der Waals surface area contributed by atoms with Crippen LogP contribution in [0.1, 0.15) is 15.9 Å². The number of benzene rings is 3. The summed E-state index contributed by atoms with van der Waals surface area (Å²) in [6.45, 7) is 6.40. The minimum Gasteiger partial charge on any atom is -0.368 e. The third kappa shape index (κ3) is 6.00. The van der Waals surface area contributed by atoms with Crippen molar-refractivity contribution >= 4 is 40.2 Å². The fourth-order valence-corrected chi connectivity index (χ4v) is 5.69. The molecule has 190 valence electrons. The Kier molecular flexibility index (Phi) is 7.80. The van der Waals surface area contributed by atoms with Gasteiger partial charge in [0.05, 0.1) is 5.75 Å². The molecule has 4 aromatic rings. The number of nitrogens with one attached hydrogen (secondary N) is 1. The minimum absolute atomic E-state index is 0.0657. The molecule has 6 nitrogen and oxygen atoms in total. The highest BCUT2D eigenvalue weighted by molar-refractivity contribution is 8.00. The first-order chi connectivity index (χ1) is 18.1. The Morgan fingerprint density at radius 1 is 0.865 bits per heavy atom. The van der Waals surface area contributed by atoms with Crippen LogP contribution in [0.15, 0.2) is 90.0 Å². The Hall–Kier alpha value is -3.71. The SMILES string of the molecule is Cc1ccc(C(=O)NCCn2cc(SCC(=O)N3CCN(c4ccccc4)CC3)c3ccccc32)cc1. The summed E-state index contributed by atoms with van der Waals surface area (Å²) in [6, 6.07) is 26.2. The number of nitrogens with zero attached hydrogens (tertiary/aromatic N) is 3. The summed E-state index contributed by atoms with van der Waals surface area (Å²) in [7, 11) is 0. The van der Waals surface area contributed by atoms with Gasteiger partial charge < -0.3 is 19.7 Å². The number of hydrogen-bond acceptors (Lipinski definition) is 4. The molecule has 0 saturated carbocycles. The predicted molar refractivity (Wildman–Crippen MR) is 151 cm³/mol. The largest absolute Gasteiger partial charge is 0.368 e. The molecule has 3 aromatic carbocycles. The van der Waals surface area contributed by atoms with E-state index in [1.807, 2.05) is 54.3 Å². The number of thioether (sulfide) groups is 1. The number of carbonyl (C=O) groups is 2. The first-order valence-corrected chi connectivity index (χ1v) is 13.7. The van der Waals surface area contributed by atoms with Gasteiger partial charge in [-0.1, -0.05) is 54.1 Å². The Labute approximate surface area is 222 Å². The van der Waals surface area contributed by atoms with Crippen LogP contribution in [0.5, 0.6) is 0 Å². The smallest absolute Gasteiger partial charge is 0.251 e. The van der Waals surface area contributed by atoms with Gasteiger partial charge in [0.15, 0.2) is 0 Å². The fraction of sp³-hybridized carbons (Fsp3) is 0.267. The van der Waals surface area contributed by atoms with Crippen molar-refractivity contribution < 1.29 is 9.59 Å². The van der Waals surface area contributed by atoms with E-state index in [4.69, 9.17) is 0 Å². The minimum atomic E-state index is -0.0657. The monoisotopic (exact) mass is 512 g/mol. The van der Waals surface area contributed by atoms with Crippen molar-refractivity contribution in [1.82, 2.24) is 14.8 Å². The van der Waals surface area contributed by atoms with E-state index >= 15 is 0 Å². The van der Waals surface area contributed by atoms with Crippen LogP contribution in [0.4, 0.5) is 5.69 Å². The topological polar surface area (TPSA) is 57.6 Å². The number of amides is 2. The highest BCUT2D eigenvalue weighted by Gasteiger charge is 2.22. The lowest BCUT2D eigenvalue weighted by atomic mass is 10.1. The molecule has 1 aliphatic rings. The average Bonchev–Trinajstić information content (AvgIpc) is 3.30. The van der Waals surface area contributed by atoms with Crippen LogP contribution in [0.25, 0.3) is 10.9 Å². The standard InChI is InChI=1S/C30H32N4O2S/c1-23-11-13-24(14-12-23)30(36)31-15-16-34-21-28(26-9-5-6-10-27(26)34)37-22-29(35)33-19-17-32(18-20-33)25-7-3-2-4-8-25/h2-14,21H,15-20,22H2,1H3,(H,31,36). The second kappa shape index (κ2) is 11.6. The van der Waals surface area contributed by atoms with Crippen LogP contribution in [-0.4, -0.2) is 59.8 Å². The normalized spacial score (nSPS) is 13.6. The molecular weight excluding hydrogens is 480 g/mol. The zero-order chi connectivity index (χ0) is 25.6. The van der Waals surface area contributed by atoms with E-state index in [1.54, 1.807) is 11.8 Å². The summed E-state index contributed by atoms with van der Waals surface area (Å²) in [5.41, 5.74) is 4.13. The molecule has 0 spiro atoms. The zero-order valence-electron chi connectivity index (χ0n) is 21.1. The number of aromatic nitrogens is 1. The number of hydrogen-bond donors (Lipinski definition) is 1. The highest BCUT2D eigenvalue weighted by atomic mass is 32.2. The van der Waals surface area contributed by atoms with Gasteiger partial charge in [-0.2, -0.15) is 0 Å². The van der Waals surface area contributed by atoms with Crippen molar-refractivity contribution in [2.75, 3.05) is 43.4 Å². The van der Waals surface area contributed by atoms with Gasteiger partial charge in [0.25, 0.3) is 5.91 Å². The number of para-hydroxylation sites is 2.